The first-order valence-electron chi connectivity index (χ1n) is 30.5. The molecule has 5 nitrogen and oxygen atoms in total. The van der Waals surface area contributed by atoms with Gasteiger partial charge in [-0.25, -0.2) is 15.0 Å². The van der Waals surface area contributed by atoms with Crippen LogP contribution < -0.4 is 0 Å². The number of aromatic nitrogens is 4. The van der Waals surface area contributed by atoms with Crippen LogP contribution in [0.15, 0.2) is 222 Å². The molecule has 62 heavy (non-hydrogen) atoms. The van der Waals surface area contributed by atoms with Gasteiger partial charge in [0.05, 0.1) is 48.2 Å². The van der Waals surface area contributed by atoms with E-state index in [1.807, 2.05) is 0 Å². The summed E-state index contributed by atoms with van der Waals surface area (Å²) in [5, 5.41) is -0.447. The standard InChI is InChI=1S/C57H36N4O/c1-2-14-37(15-3-1)38-28-30-39(31-29-38)40-32-34-41(35-33-40)55-58-56(43-17-12-16-42(36-43)44-22-13-23-48-47-20-7-11-27-53(47)62-54(44)48)60-57(59-55)49-21-6-10-26-52(49)61-50-24-8-4-18-45(50)46-19-5-9-25-51(46)61/h1-36H/i1D,2D,3D,4D,5D,7D,8D,11D,13D,14D,15D,18D,19D,20D,22D,23D,24D,25D,27D,28D,29D,30D,31D. The third-order valence-corrected chi connectivity index (χ3v) is 10.3. The number of para-hydroxylation sites is 5. The molecule has 0 radical (unpaired) electrons. The molecule has 9 aromatic carbocycles. The van der Waals surface area contributed by atoms with E-state index >= 15 is 0 Å². The van der Waals surface area contributed by atoms with Crippen LogP contribution in [0.4, 0.5) is 0 Å². The van der Waals surface area contributed by atoms with Crippen molar-refractivity contribution in [1.29, 1.82) is 0 Å². The molecule has 0 aliphatic rings. The molecule has 0 N–H and O–H groups in total. The van der Waals surface area contributed by atoms with Crippen molar-refractivity contribution in [2.75, 3.05) is 0 Å². The number of furan rings is 1. The van der Waals surface area contributed by atoms with Crippen LogP contribution in [0.3, 0.4) is 0 Å². The van der Waals surface area contributed by atoms with Crippen LogP contribution in [-0.4, -0.2) is 19.5 Å². The summed E-state index contributed by atoms with van der Waals surface area (Å²) < 4.78 is 208. The van der Waals surface area contributed by atoms with Gasteiger partial charge < -0.3 is 8.98 Å². The molecule has 0 saturated heterocycles. The molecule has 0 saturated carbocycles. The first-order valence-corrected chi connectivity index (χ1v) is 19.0. The smallest absolute Gasteiger partial charge is 0.166 e. The van der Waals surface area contributed by atoms with Crippen molar-refractivity contribution >= 4 is 43.7 Å². The fourth-order valence-corrected chi connectivity index (χ4v) is 7.41. The van der Waals surface area contributed by atoms with E-state index < -0.39 is 138 Å². The van der Waals surface area contributed by atoms with E-state index in [0.717, 1.165) is 6.07 Å². The second-order valence-electron chi connectivity index (χ2n) is 13.8. The molecule has 12 rings (SSSR count). The maximum Gasteiger partial charge on any atom is 0.166 e. The Morgan fingerprint density at radius 3 is 1.82 bits per heavy atom. The van der Waals surface area contributed by atoms with Crippen molar-refractivity contribution in [2.24, 2.45) is 0 Å². The second-order valence-corrected chi connectivity index (χ2v) is 13.8. The fourth-order valence-electron chi connectivity index (χ4n) is 7.41. The summed E-state index contributed by atoms with van der Waals surface area (Å²) in [5.74, 6) is -0.150. The molecule has 290 valence electrons. The Kier molecular flexibility index (Phi) is 4.58. The minimum absolute atomic E-state index is 0.0210. The van der Waals surface area contributed by atoms with Crippen LogP contribution in [-0.2, 0) is 0 Å². The maximum absolute atomic E-state index is 9.20. The molecule has 0 aliphatic carbocycles. The number of fused-ring (bicyclic) bond motifs is 6. The minimum atomic E-state index is -0.723. The van der Waals surface area contributed by atoms with E-state index in [2.05, 4.69) is 0 Å². The Labute approximate surface area is 390 Å². The van der Waals surface area contributed by atoms with Crippen molar-refractivity contribution < 1.29 is 35.9 Å². The quantitative estimate of drug-likeness (QED) is 0.161. The molecule has 0 unspecified atom stereocenters. The summed E-state index contributed by atoms with van der Waals surface area (Å²) in [6, 6.07) is 6.85. The Morgan fingerprint density at radius 1 is 0.371 bits per heavy atom. The van der Waals surface area contributed by atoms with Gasteiger partial charge in [0.15, 0.2) is 17.5 Å². The van der Waals surface area contributed by atoms with Gasteiger partial charge in [-0.15, -0.1) is 0 Å². The SMILES string of the molecule is [2H]c1cc([2H])c2c(c1[2H])c1c([2H])c([2H])c([2H])c([2H])c1n2-c1ccccc1-c1nc(-c2ccc(-c3c([2H])c([2H])c(-c4c([2H])c([2H])c([2H])c([2H])c4[2H])c([2H])c3[2H])cc2)nc(-c2cccc(-c3c([2H])c([2H])c([2H])c4c3oc3c([2H])c([2H])c([2H])c([2H])c34)c2)n1. The highest BCUT2D eigenvalue weighted by Crippen LogP contribution is 2.39. The number of rotatable bonds is 7. The van der Waals surface area contributed by atoms with Crippen molar-refractivity contribution in [2.45, 2.75) is 0 Å². The lowest BCUT2D eigenvalue weighted by atomic mass is 9.99. The van der Waals surface area contributed by atoms with Crippen molar-refractivity contribution in [3.8, 4) is 73.2 Å². The Bertz CT molecular complexity index is 4940. The van der Waals surface area contributed by atoms with Crippen LogP contribution in [0.25, 0.3) is 117 Å². The van der Waals surface area contributed by atoms with E-state index in [1.165, 1.54) is 28.8 Å². The van der Waals surface area contributed by atoms with Crippen molar-refractivity contribution in [3.63, 3.8) is 0 Å². The van der Waals surface area contributed by atoms with Crippen LogP contribution in [0.2, 0.25) is 0 Å². The fraction of sp³-hybridized carbons (Fsp3) is 0. The summed E-state index contributed by atoms with van der Waals surface area (Å²) in [6.07, 6.45) is 0. The van der Waals surface area contributed by atoms with E-state index in [-0.39, 0.29) is 118 Å². The largest absolute Gasteiger partial charge is 0.455 e. The van der Waals surface area contributed by atoms with Gasteiger partial charge >= 0.3 is 0 Å². The zero-order valence-corrected chi connectivity index (χ0v) is 31.7. The topological polar surface area (TPSA) is 56.7 Å². The average Bonchev–Trinajstić information content (AvgIpc) is 1.79. The number of hydrogen-bond donors (Lipinski definition) is 0. The summed E-state index contributed by atoms with van der Waals surface area (Å²) in [7, 11) is 0. The van der Waals surface area contributed by atoms with E-state index in [1.54, 1.807) is 48.5 Å². The van der Waals surface area contributed by atoms with Gasteiger partial charge in [0.25, 0.3) is 0 Å². The maximum atomic E-state index is 9.20. The van der Waals surface area contributed by atoms with E-state index in [0.29, 0.717) is 0 Å². The Balaban J connectivity index is 1.09. The summed E-state index contributed by atoms with van der Waals surface area (Å²) in [6.45, 7) is 0. The van der Waals surface area contributed by atoms with Crippen molar-refractivity contribution in [1.82, 2.24) is 19.5 Å². The molecule has 0 amide bonds. The minimum Gasteiger partial charge on any atom is -0.455 e. The molecule has 3 aromatic heterocycles. The lowest BCUT2D eigenvalue weighted by Crippen LogP contribution is -2.03. The van der Waals surface area contributed by atoms with Gasteiger partial charge in [-0.05, 0) is 64.1 Å². The molecule has 0 atom stereocenters. The zero-order chi connectivity index (χ0) is 61.0. The van der Waals surface area contributed by atoms with Gasteiger partial charge in [-0.1, -0.05) is 182 Å². The molecule has 3 heterocycles. The van der Waals surface area contributed by atoms with Crippen LogP contribution in [0, 0.1) is 0 Å². The Hall–Kier alpha value is -8.41. The molecule has 0 spiro atoms. The highest BCUT2D eigenvalue weighted by molar-refractivity contribution is 6.10. The molecule has 12 aromatic rings. The average molecular weight is 816 g/mol. The molecule has 5 heteroatoms. The molecule has 0 aliphatic heterocycles. The predicted octanol–water partition coefficient (Wildman–Crippen LogP) is 14.9. The lowest BCUT2D eigenvalue weighted by molar-refractivity contribution is 0.670. The van der Waals surface area contributed by atoms with Gasteiger partial charge in [0, 0.05) is 43.8 Å². The van der Waals surface area contributed by atoms with E-state index in [4.69, 9.17) is 48.2 Å². The lowest BCUT2D eigenvalue weighted by Gasteiger charge is -2.15. The number of benzene rings is 9. The third kappa shape index (κ3) is 6.06. The van der Waals surface area contributed by atoms with Gasteiger partial charge in [-0.3, -0.25) is 0 Å². The monoisotopic (exact) mass is 815 g/mol. The van der Waals surface area contributed by atoms with Gasteiger partial charge in [0.2, 0.25) is 0 Å². The van der Waals surface area contributed by atoms with Gasteiger partial charge in [0.1, 0.15) is 11.2 Å². The first-order chi connectivity index (χ1) is 40.3. The molecular formula is C57H36N4O. The summed E-state index contributed by atoms with van der Waals surface area (Å²) >= 11 is 0. The predicted molar refractivity (Wildman–Crippen MR) is 254 cm³/mol. The molecule has 0 fully saturated rings. The van der Waals surface area contributed by atoms with Crippen LogP contribution >= 0.6 is 0 Å². The highest BCUT2D eigenvalue weighted by atomic mass is 16.3. The molecule has 0 bridgehead atoms. The number of nitrogens with zero attached hydrogens (tertiary/aromatic N) is 4. The van der Waals surface area contributed by atoms with Gasteiger partial charge in [-0.2, -0.15) is 0 Å². The highest BCUT2D eigenvalue weighted by Gasteiger charge is 2.20. The third-order valence-electron chi connectivity index (χ3n) is 10.3. The van der Waals surface area contributed by atoms with Crippen LogP contribution in [0.5, 0.6) is 0 Å². The van der Waals surface area contributed by atoms with E-state index in [9.17, 15) is 2.74 Å². The second kappa shape index (κ2) is 14.7. The normalized spacial score (nSPS) is 16.7. The Morgan fingerprint density at radius 2 is 0.984 bits per heavy atom. The van der Waals surface area contributed by atoms with Crippen LogP contribution in [0.1, 0.15) is 31.5 Å². The first kappa shape index (κ1) is 19.3. The van der Waals surface area contributed by atoms with Crippen molar-refractivity contribution in [3.05, 3.63) is 218 Å². The summed E-state index contributed by atoms with van der Waals surface area (Å²) in [5.41, 5.74) is -0.548. The zero-order valence-electron chi connectivity index (χ0n) is 54.7. The summed E-state index contributed by atoms with van der Waals surface area (Å²) in [4.78, 5) is 14.8. The number of hydrogen-bond acceptors (Lipinski definition) is 4. The molecular weight excluding hydrogens is 757 g/mol.